The third-order valence-electron chi connectivity index (χ3n) is 9.42. The van der Waals surface area contributed by atoms with Gasteiger partial charge in [-0.25, -0.2) is 0 Å². The number of unbranched alkanes of at least 4 members (excludes halogenated alkanes) is 4. The maximum absolute atomic E-state index is 6.10. The van der Waals surface area contributed by atoms with Gasteiger partial charge in [0.05, 0.1) is 0 Å². The van der Waals surface area contributed by atoms with Gasteiger partial charge in [-0.05, 0) is 102 Å². The van der Waals surface area contributed by atoms with Crippen molar-refractivity contribution in [2.24, 2.45) is 0 Å². The molecule has 2 atom stereocenters. The minimum atomic E-state index is 0.386. The largest absolute Gasteiger partial charge is 0.399 e. The first-order valence-electron chi connectivity index (χ1n) is 16.8. The predicted octanol–water partition coefficient (Wildman–Crippen LogP) is 11.4. The Morgan fingerprint density at radius 3 is 1.12 bits per heavy atom. The first kappa shape index (κ1) is 32.4. The number of benzene rings is 4. The lowest BCUT2D eigenvalue weighted by Crippen LogP contribution is -2.07. The van der Waals surface area contributed by atoms with Gasteiger partial charge in [0.25, 0.3) is 0 Å². The van der Waals surface area contributed by atoms with Crippen LogP contribution in [0, 0.1) is 13.8 Å². The molecule has 0 aliphatic carbocycles. The average molecular weight is 575 g/mol. The highest BCUT2D eigenvalue weighted by Crippen LogP contribution is 2.37. The molecule has 2 nitrogen and oxygen atoms in total. The molecule has 2 unspecified atom stereocenters. The van der Waals surface area contributed by atoms with Gasteiger partial charge in [-0.15, -0.1) is 0 Å². The van der Waals surface area contributed by atoms with E-state index in [1.807, 2.05) is 0 Å². The Bertz CT molecular complexity index is 1310. The first-order chi connectivity index (χ1) is 20.9. The fourth-order valence-electron chi connectivity index (χ4n) is 6.97. The van der Waals surface area contributed by atoms with Crippen molar-refractivity contribution in [3.8, 4) is 0 Å². The second-order valence-electron chi connectivity index (χ2n) is 12.6. The summed E-state index contributed by atoms with van der Waals surface area (Å²) in [5.41, 5.74) is 24.9. The Hall–Kier alpha value is -3.52. The van der Waals surface area contributed by atoms with Crippen LogP contribution in [0.25, 0.3) is 0 Å². The van der Waals surface area contributed by atoms with Gasteiger partial charge in [0.15, 0.2) is 0 Å². The molecular formula is C41H54N2. The summed E-state index contributed by atoms with van der Waals surface area (Å²) >= 11 is 0. The van der Waals surface area contributed by atoms with E-state index in [0.717, 1.165) is 17.8 Å². The molecular weight excluding hydrogens is 520 g/mol. The van der Waals surface area contributed by atoms with Crippen molar-refractivity contribution >= 4 is 11.4 Å². The van der Waals surface area contributed by atoms with Gasteiger partial charge >= 0.3 is 0 Å². The van der Waals surface area contributed by atoms with Gasteiger partial charge in [0.1, 0.15) is 0 Å². The third-order valence-corrected chi connectivity index (χ3v) is 9.42. The number of rotatable bonds is 15. The SMILES string of the molecule is CCCCCC(c1ccc(C(CC)c2ccc(C(CCCCC)c3ccc(N)cc3C)cc2)cc1)c1ccc(N)cc1C. The van der Waals surface area contributed by atoms with E-state index < -0.39 is 0 Å². The molecule has 0 saturated heterocycles. The van der Waals surface area contributed by atoms with Gasteiger partial charge in [-0.1, -0.05) is 120 Å². The Balaban J connectivity index is 1.58. The molecule has 0 fully saturated rings. The quantitative estimate of drug-likeness (QED) is 0.110. The average Bonchev–Trinajstić information content (AvgIpc) is 3.00. The number of nitrogen functional groups attached to an aromatic ring is 2. The van der Waals surface area contributed by atoms with Crippen molar-refractivity contribution in [2.75, 3.05) is 11.5 Å². The number of hydrogen-bond acceptors (Lipinski definition) is 2. The van der Waals surface area contributed by atoms with E-state index in [4.69, 9.17) is 11.5 Å². The highest BCUT2D eigenvalue weighted by atomic mass is 14.5. The Labute approximate surface area is 261 Å². The van der Waals surface area contributed by atoms with Crippen LogP contribution in [-0.2, 0) is 0 Å². The van der Waals surface area contributed by atoms with Crippen LogP contribution < -0.4 is 11.5 Å². The maximum atomic E-state index is 6.10. The normalized spacial score (nSPS) is 13.5. The van der Waals surface area contributed by atoms with Crippen LogP contribution in [0.2, 0.25) is 0 Å². The van der Waals surface area contributed by atoms with Crippen LogP contribution in [0.3, 0.4) is 0 Å². The molecule has 0 radical (unpaired) electrons. The molecule has 0 bridgehead atoms. The monoisotopic (exact) mass is 574 g/mol. The molecule has 0 aliphatic rings. The first-order valence-corrected chi connectivity index (χ1v) is 16.8. The lowest BCUT2D eigenvalue weighted by molar-refractivity contribution is 0.616. The van der Waals surface area contributed by atoms with E-state index in [-0.39, 0.29) is 0 Å². The standard InChI is InChI=1S/C41H54N2/c1-6-9-11-13-40(38-25-23-35(42)27-29(38)4)33-19-15-31(16-20-33)37(8-3)32-17-21-34(22-18-32)41(14-12-10-7-2)39-26-24-36(43)28-30(39)5/h15-28,37,40-41H,6-14,42-43H2,1-5H3. The van der Waals surface area contributed by atoms with Crippen LogP contribution >= 0.6 is 0 Å². The van der Waals surface area contributed by atoms with Crippen molar-refractivity contribution in [3.63, 3.8) is 0 Å². The van der Waals surface area contributed by atoms with Crippen LogP contribution in [0.5, 0.6) is 0 Å². The van der Waals surface area contributed by atoms with Crippen molar-refractivity contribution < 1.29 is 0 Å². The van der Waals surface area contributed by atoms with Gasteiger partial charge in [0.2, 0.25) is 0 Å². The highest BCUT2D eigenvalue weighted by Gasteiger charge is 2.20. The van der Waals surface area contributed by atoms with Crippen molar-refractivity contribution in [1.82, 2.24) is 0 Å². The highest BCUT2D eigenvalue weighted by molar-refractivity contribution is 5.50. The number of anilines is 2. The van der Waals surface area contributed by atoms with Crippen LogP contribution in [-0.4, -0.2) is 0 Å². The lowest BCUT2D eigenvalue weighted by Gasteiger charge is -2.23. The molecule has 4 aromatic rings. The van der Waals surface area contributed by atoms with Crippen LogP contribution in [0.4, 0.5) is 11.4 Å². The fraction of sp³-hybridized carbons (Fsp3) is 0.415. The van der Waals surface area contributed by atoms with Gasteiger partial charge < -0.3 is 11.5 Å². The molecule has 4 N–H and O–H groups in total. The summed E-state index contributed by atoms with van der Waals surface area (Å²) in [7, 11) is 0. The summed E-state index contributed by atoms with van der Waals surface area (Å²) in [4.78, 5) is 0. The minimum absolute atomic E-state index is 0.386. The second-order valence-corrected chi connectivity index (χ2v) is 12.6. The smallest absolute Gasteiger partial charge is 0.0316 e. The van der Waals surface area contributed by atoms with E-state index >= 15 is 0 Å². The van der Waals surface area contributed by atoms with E-state index in [9.17, 15) is 0 Å². The molecule has 0 spiro atoms. The molecule has 0 heterocycles. The van der Waals surface area contributed by atoms with E-state index in [1.54, 1.807) is 0 Å². The van der Waals surface area contributed by atoms with Gasteiger partial charge in [-0.2, -0.15) is 0 Å². The summed E-state index contributed by atoms with van der Waals surface area (Å²) in [6.07, 6.45) is 10.9. The summed E-state index contributed by atoms with van der Waals surface area (Å²) < 4.78 is 0. The lowest BCUT2D eigenvalue weighted by atomic mass is 9.81. The Morgan fingerprint density at radius 1 is 0.465 bits per heavy atom. The van der Waals surface area contributed by atoms with Crippen LogP contribution in [0.1, 0.15) is 141 Å². The maximum Gasteiger partial charge on any atom is 0.0316 e. The molecule has 0 aromatic heterocycles. The molecule has 2 heteroatoms. The zero-order valence-electron chi connectivity index (χ0n) is 27.3. The second kappa shape index (κ2) is 15.8. The van der Waals surface area contributed by atoms with E-state index in [0.29, 0.717) is 17.8 Å². The van der Waals surface area contributed by atoms with Crippen molar-refractivity contribution in [2.45, 2.75) is 110 Å². The van der Waals surface area contributed by atoms with Crippen molar-refractivity contribution in [1.29, 1.82) is 0 Å². The molecule has 4 rings (SSSR count). The topological polar surface area (TPSA) is 52.0 Å². The summed E-state index contributed by atoms with van der Waals surface area (Å²) in [6, 6.07) is 31.9. The van der Waals surface area contributed by atoms with Crippen molar-refractivity contribution in [3.05, 3.63) is 129 Å². The summed E-state index contributed by atoms with van der Waals surface area (Å²) in [6.45, 7) is 11.3. The third kappa shape index (κ3) is 8.31. The minimum Gasteiger partial charge on any atom is -0.399 e. The van der Waals surface area contributed by atoms with E-state index in [1.165, 1.54) is 95.9 Å². The van der Waals surface area contributed by atoms with Gasteiger partial charge in [0, 0.05) is 29.1 Å². The zero-order valence-corrected chi connectivity index (χ0v) is 27.3. The van der Waals surface area contributed by atoms with Gasteiger partial charge in [-0.3, -0.25) is 0 Å². The van der Waals surface area contributed by atoms with E-state index in [2.05, 4.69) is 120 Å². The number of hydrogen-bond donors (Lipinski definition) is 2. The number of aryl methyl sites for hydroxylation is 2. The summed E-state index contributed by atoms with van der Waals surface area (Å²) in [5.74, 6) is 1.20. The number of nitrogens with two attached hydrogens (primary N) is 2. The fourth-order valence-corrected chi connectivity index (χ4v) is 6.97. The predicted molar refractivity (Wildman–Crippen MR) is 188 cm³/mol. The molecule has 4 aromatic carbocycles. The summed E-state index contributed by atoms with van der Waals surface area (Å²) in [5, 5.41) is 0. The van der Waals surface area contributed by atoms with Crippen LogP contribution in [0.15, 0.2) is 84.9 Å². The molecule has 0 aliphatic heterocycles. The molecule has 228 valence electrons. The Kier molecular flexibility index (Phi) is 11.9. The Morgan fingerprint density at radius 2 is 0.814 bits per heavy atom. The zero-order chi connectivity index (χ0) is 30.8. The molecule has 0 saturated carbocycles. The molecule has 0 amide bonds. The molecule has 43 heavy (non-hydrogen) atoms.